The van der Waals surface area contributed by atoms with Crippen LogP contribution >= 0.6 is 0 Å². The van der Waals surface area contributed by atoms with Crippen molar-refractivity contribution in [3.05, 3.63) is 35.9 Å². The van der Waals surface area contributed by atoms with Crippen LogP contribution < -0.4 is 5.32 Å². The molecule has 1 N–H and O–H groups in total. The molecular weight excluding hydrogens is 290 g/mol. The third-order valence-corrected chi connectivity index (χ3v) is 4.60. The molecule has 2 aliphatic rings. The molecule has 1 aromatic carbocycles. The minimum atomic E-state index is -0.0627. The summed E-state index contributed by atoms with van der Waals surface area (Å²) in [5, 5.41) is 7.30. The summed E-state index contributed by atoms with van der Waals surface area (Å²) in [4.78, 5) is 19.5. The lowest BCUT2D eigenvalue weighted by Crippen LogP contribution is -2.46. The second-order valence-electron chi connectivity index (χ2n) is 6.50. The summed E-state index contributed by atoms with van der Waals surface area (Å²) in [6.07, 6.45) is 6.60. The minimum absolute atomic E-state index is 0.00587. The van der Waals surface area contributed by atoms with Gasteiger partial charge in [0, 0.05) is 19.5 Å². The van der Waals surface area contributed by atoms with Crippen LogP contribution in [-0.4, -0.2) is 42.4 Å². The first kappa shape index (κ1) is 15.8. The number of hydrogen-bond donors (Lipinski definition) is 1. The van der Waals surface area contributed by atoms with Crippen molar-refractivity contribution in [1.82, 2.24) is 10.2 Å². The maximum atomic E-state index is 12.3. The molecule has 124 valence electrons. The van der Waals surface area contributed by atoms with E-state index in [9.17, 15) is 4.79 Å². The van der Waals surface area contributed by atoms with Crippen LogP contribution in [0.25, 0.3) is 0 Å². The van der Waals surface area contributed by atoms with E-state index < -0.39 is 0 Å². The third-order valence-electron chi connectivity index (χ3n) is 4.60. The molecule has 5 heteroatoms. The van der Waals surface area contributed by atoms with Gasteiger partial charge in [-0.1, -0.05) is 54.8 Å². The molecule has 1 saturated carbocycles. The van der Waals surface area contributed by atoms with Crippen molar-refractivity contribution in [2.75, 3.05) is 13.6 Å². The zero-order valence-corrected chi connectivity index (χ0v) is 13.7. The molecule has 0 bridgehead atoms. The second kappa shape index (κ2) is 7.49. The predicted molar refractivity (Wildman–Crippen MR) is 90.5 cm³/mol. The number of amides is 2. The average Bonchev–Trinajstić information content (AvgIpc) is 3.05. The van der Waals surface area contributed by atoms with Gasteiger partial charge >= 0.3 is 6.03 Å². The first-order chi connectivity index (χ1) is 11.2. The summed E-state index contributed by atoms with van der Waals surface area (Å²) < 4.78 is 0. The fraction of sp³-hybridized carbons (Fsp3) is 0.556. The first-order valence-electron chi connectivity index (χ1n) is 8.52. The van der Waals surface area contributed by atoms with Gasteiger partial charge in [-0.25, -0.2) is 4.79 Å². The highest BCUT2D eigenvalue weighted by molar-refractivity contribution is 6.01. The molecule has 1 aromatic rings. The Balaban J connectivity index is 1.45. The van der Waals surface area contributed by atoms with Gasteiger partial charge in [0.15, 0.2) is 6.10 Å². The number of oxime groups is 1. The predicted octanol–water partition coefficient (Wildman–Crippen LogP) is 3.15. The second-order valence-corrected chi connectivity index (χ2v) is 6.50. The van der Waals surface area contributed by atoms with E-state index in [0.717, 1.165) is 30.5 Å². The van der Waals surface area contributed by atoms with Crippen molar-refractivity contribution in [1.29, 1.82) is 0 Å². The van der Waals surface area contributed by atoms with Crippen molar-refractivity contribution in [3.8, 4) is 0 Å². The molecule has 0 saturated heterocycles. The van der Waals surface area contributed by atoms with Gasteiger partial charge in [0.25, 0.3) is 0 Å². The van der Waals surface area contributed by atoms with Gasteiger partial charge in [-0.3, -0.25) is 0 Å². The van der Waals surface area contributed by atoms with E-state index in [1.165, 1.54) is 19.3 Å². The van der Waals surface area contributed by atoms with Crippen molar-refractivity contribution in [3.63, 3.8) is 0 Å². The Hall–Kier alpha value is -2.04. The third kappa shape index (κ3) is 4.24. The number of nitrogens with one attached hydrogen (secondary N) is 1. The minimum Gasteiger partial charge on any atom is -0.390 e. The maximum absolute atomic E-state index is 12.3. The fourth-order valence-corrected chi connectivity index (χ4v) is 3.25. The van der Waals surface area contributed by atoms with Gasteiger partial charge in [0.2, 0.25) is 0 Å². The molecule has 1 aliphatic heterocycles. The van der Waals surface area contributed by atoms with Gasteiger partial charge < -0.3 is 15.1 Å². The van der Waals surface area contributed by atoms with Crippen LogP contribution in [0.15, 0.2) is 35.5 Å². The van der Waals surface area contributed by atoms with Crippen LogP contribution in [-0.2, 0) is 4.84 Å². The molecule has 1 aliphatic carbocycles. The van der Waals surface area contributed by atoms with E-state index in [1.54, 1.807) is 4.90 Å². The number of urea groups is 1. The Kier molecular flexibility index (Phi) is 5.16. The van der Waals surface area contributed by atoms with E-state index >= 15 is 0 Å². The Labute approximate surface area is 137 Å². The zero-order valence-electron chi connectivity index (χ0n) is 13.7. The monoisotopic (exact) mass is 315 g/mol. The quantitative estimate of drug-likeness (QED) is 0.928. The van der Waals surface area contributed by atoms with Gasteiger partial charge in [-0.15, -0.1) is 0 Å². The first-order valence-corrected chi connectivity index (χ1v) is 8.52. The molecule has 5 nitrogen and oxygen atoms in total. The van der Waals surface area contributed by atoms with Crippen molar-refractivity contribution < 1.29 is 9.63 Å². The van der Waals surface area contributed by atoms with E-state index in [0.29, 0.717) is 12.6 Å². The summed E-state index contributed by atoms with van der Waals surface area (Å²) >= 11 is 0. The maximum Gasteiger partial charge on any atom is 0.317 e. The Morgan fingerprint density at radius 1 is 1.26 bits per heavy atom. The summed E-state index contributed by atoms with van der Waals surface area (Å²) in [5.41, 5.74) is 2.04. The standard InChI is InChI=1S/C18H25N3O2/c1-21(18(22)19-15-10-6-3-7-11-15)13-16-12-17(20-23-16)14-8-4-2-5-9-14/h2,4-5,8-9,15-16H,3,6-7,10-13H2,1H3,(H,19,22). The number of carbonyl (C=O) groups is 1. The average molecular weight is 315 g/mol. The number of carbonyl (C=O) groups excluding carboxylic acids is 1. The highest BCUT2D eigenvalue weighted by Crippen LogP contribution is 2.19. The lowest BCUT2D eigenvalue weighted by molar-refractivity contribution is 0.0651. The molecular formula is C18H25N3O2. The lowest BCUT2D eigenvalue weighted by atomic mass is 9.96. The largest absolute Gasteiger partial charge is 0.390 e. The Morgan fingerprint density at radius 2 is 2.00 bits per heavy atom. The van der Waals surface area contributed by atoms with Gasteiger partial charge in [0.1, 0.15) is 0 Å². The smallest absolute Gasteiger partial charge is 0.317 e. The van der Waals surface area contributed by atoms with Crippen LogP contribution in [0.1, 0.15) is 44.1 Å². The van der Waals surface area contributed by atoms with Crippen LogP contribution in [0.5, 0.6) is 0 Å². The van der Waals surface area contributed by atoms with Gasteiger partial charge in [0.05, 0.1) is 12.3 Å². The van der Waals surface area contributed by atoms with E-state index in [4.69, 9.17) is 4.84 Å². The fourth-order valence-electron chi connectivity index (χ4n) is 3.25. The molecule has 0 spiro atoms. The highest BCUT2D eigenvalue weighted by atomic mass is 16.6. The SMILES string of the molecule is CN(CC1CC(c2ccccc2)=NO1)C(=O)NC1CCCCC1. The Bertz CT molecular complexity index is 553. The number of benzene rings is 1. The molecule has 1 unspecified atom stereocenters. The van der Waals surface area contributed by atoms with E-state index in [1.807, 2.05) is 37.4 Å². The molecule has 1 atom stereocenters. The van der Waals surface area contributed by atoms with Crippen molar-refractivity contribution in [2.45, 2.75) is 50.7 Å². The summed E-state index contributed by atoms with van der Waals surface area (Å²) in [6, 6.07) is 10.4. The van der Waals surface area contributed by atoms with Crippen molar-refractivity contribution >= 4 is 11.7 Å². The summed E-state index contributed by atoms with van der Waals surface area (Å²) in [7, 11) is 1.82. The van der Waals surface area contributed by atoms with Gasteiger partial charge in [-0.2, -0.15) is 0 Å². The summed E-state index contributed by atoms with van der Waals surface area (Å²) in [6.45, 7) is 0.554. The van der Waals surface area contributed by atoms with E-state index in [2.05, 4.69) is 10.5 Å². The topological polar surface area (TPSA) is 53.9 Å². The number of rotatable bonds is 4. The Morgan fingerprint density at radius 3 is 2.74 bits per heavy atom. The number of hydrogen-bond acceptors (Lipinski definition) is 3. The molecule has 2 amide bonds. The van der Waals surface area contributed by atoms with Crippen LogP contribution in [0, 0.1) is 0 Å². The van der Waals surface area contributed by atoms with Crippen LogP contribution in [0.2, 0.25) is 0 Å². The molecule has 1 fully saturated rings. The number of nitrogens with zero attached hydrogens (tertiary/aromatic N) is 2. The summed E-state index contributed by atoms with van der Waals surface area (Å²) in [5.74, 6) is 0. The highest BCUT2D eigenvalue weighted by Gasteiger charge is 2.26. The van der Waals surface area contributed by atoms with Gasteiger partial charge in [-0.05, 0) is 18.4 Å². The molecule has 1 heterocycles. The van der Waals surface area contributed by atoms with Crippen LogP contribution in [0.3, 0.4) is 0 Å². The van der Waals surface area contributed by atoms with Crippen LogP contribution in [0.4, 0.5) is 4.79 Å². The molecule has 0 aromatic heterocycles. The zero-order chi connectivity index (χ0) is 16.1. The molecule has 23 heavy (non-hydrogen) atoms. The molecule has 0 radical (unpaired) electrons. The lowest BCUT2D eigenvalue weighted by Gasteiger charge is -2.27. The van der Waals surface area contributed by atoms with E-state index in [-0.39, 0.29) is 12.1 Å². The van der Waals surface area contributed by atoms with Crippen molar-refractivity contribution in [2.24, 2.45) is 5.16 Å². The number of likely N-dealkylation sites (N-methyl/N-ethyl adjacent to an activating group) is 1. The normalized spacial score (nSPS) is 21.4. The molecule has 3 rings (SSSR count).